The van der Waals surface area contributed by atoms with E-state index in [0.29, 0.717) is 52.9 Å². The highest BCUT2D eigenvalue weighted by atomic mass is 19.4. The minimum Gasteiger partial charge on any atom is -0.496 e. The Morgan fingerprint density at radius 2 is 0.664 bits per heavy atom. The highest BCUT2D eigenvalue weighted by Crippen LogP contribution is 2.37. The van der Waals surface area contributed by atoms with Crippen LogP contribution in [0.4, 0.5) is 13.2 Å². The molecule has 0 aliphatic carbocycles. The van der Waals surface area contributed by atoms with Gasteiger partial charge in [-0.2, -0.15) is 0 Å². The monoisotopic (exact) mass is 1610 g/mol. The van der Waals surface area contributed by atoms with Gasteiger partial charge >= 0.3 is 6.36 Å². The molecule has 0 spiro atoms. The van der Waals surface area contributed by atoms with Gasteiger partial charge in [0.1, 0.15) is 28.7 Å². The number of halogens is 3. The molecule has 0 saturated carbocycles. The quantitative estimate of drug-likeness (QED) is 0.0556. The van der Waals surface area contributed by atoms with Crippen molar-refractivity contribution in [3.8, 4) is 51.7 Å². The first kappa shape index (κ1) is 106. The third kappa shape index (κ3) is 40.3. The summed E-state index contributed by atoms with van der Waals surface area (Å²) in [5.74, 6) is 11.9. The zero-order valence-electron chi connectivity index (χ0n) is 79.1. The number of alkyl halides is 3. The molecule has 0 amide bonds. The number of para-hydroxylation sites is 1. The predicted molar refractivity (Wildman–Crippen MR) is 490 cm³/mol. The summed E-state index contributed by atoms with van der Waals surface area (Å²) in [5, 5.41) is 0. The maximum absolute atomic E-state index is 12.0. The number of benzene rings is 8. The molecule has 8 aromatic carbocycles. The van der Waals surface area contributed by atoms with Crippen LogP contribution in [0.1, 0.15) is 348 Å². The van der Waals surface area contributed by atoms with E-state index in [1.165, 1.54) is 78.9 Å². The second-order valence-electron chi connectivity index (χ2n) is 35.4. The van der Waals surface area contributed by atoms with Crippen LogP contribution in [0.15, 0.2) is 158 Å². The molecular formula is C104H157F3O9. The molecule has 0 aliphatic rings. The van der Waals surface area contributed by atoms with Gasteiger partial charge in [0.2, 0.25) is 0 Å². The summed E-state index contributed by atoms with van der Waals surface area (Å²) < 4.78 is 84.1. The molecule has 0 unspecified atom stereocenters. The first-order chi connectivity index (χ1) is 54.0. The van der Waals surface area contributed by atoms with Crippen LogP contribution in [0.2, 0.25) is 0 Å². The molecule has 8 rings (SSSR count). The Morgan fingerprint density at radius 1 is 0.310 bits per heavy atom. The SMILES string of the molecule is CC(C)c1ccc(C(C)(C)C)cc1.CC(C)c1ccccc1OC(F)(F)F.CCc1cc(C(C)C)ccc1OC(C)C.CCc1ccc(C(C)C)cc1OC.COc1cc(C(C)C)ccc1C(C)(C)C.COc1cc(C(C)C)ccc1OC(C)C.COc1cc(C(C)C)ccc1OCCC(C)C.Cc1cc(C(C)C)ccc1OC(C)C. The molecule has 116 heavy (non-hydrogen) atoms. The highest BCUT2D eigenvalue weighted by molar-refractivity contribution is 5.47. The van der Waals surface area contributed by atoms with Crippen molar-refractivity contribution in [3.05, 3.63) is 230 Å². The summed E-state index contributed by atoms with van der Waals surface area (Å²) in [7, 11) is 6.84. The van der Waals surface area contributed by atoms with Gasteiger partial charge in [0.05, 0.1) is 53.4 Å². The number of hydrogen-bond acceptors (Lipinski definition) is 9. The fourth-order valence-corrected chi connectivity index (χ4v) is 11.6. The van der Waals surface area contributed by atoms with Crippen LogP contribution in [0.5, 0.6) is 51.7 Å². The van der Waals surface area contributed by atoms with Crippen LogP contribution in [-0.4, -0.2) is 59.7 Å². The van der Waals surface area contributed by atoms with Gasteiger partial charge in [-0.25, -0.2) is 0 Å². The summed E-state index contributed by atoms with van der Waals surface area (Å²) in [5.41, 5.74) is 16.9. The van der Waals surface area contributed by atoms with Gasteiger partial charge in [-0.1, -0.05) is 283 Å². The van der Waals surface area contributed by atoms with Crippen LogP contribution in [0, 0.1) is 12.8 Å². The molecular weight excluding hydrogens is 1450 g/mol. The van der Waals surface area contributed by atoms with Crippen molar-refractivity contribution in [1.82, 2.24) is 0 Å². The molecule has 12 heteroatoms. The minimum absolute atomic E-state index is 0.00792. The number of ether oxygens (including phenoxy) is 9. The molecule has 648 valence electrons. The molecule has 9 nitrogen and oxygen atoms in total. The smallest absolute Gasteiger partial charge is 0.496 e. The first-order valence-corrected chi connectivity index (χ1v) is 42.5. The third-order valence-electron chi connectivity index (χ3n) is 19.0. The molecule has 0 aromatic heterocycles. The van der Waals surface area contributed by atoms with Crippen molar-refractivity contribution in [3.63, 3.8) is 0 Å². The van der Waals surface area contributed by atoms with E-state index in [0.717, 1.165) is 71.9 Å². The predicted octanol–water partition coefficient (Wildman–Crippen LogP) is 31.2. The van der Waals surface area contributed by atoms with E-state index >= 15 is 0 Å². The average molecular weight is 1610 g/mol. The normalized spacial score (nSPS) is 11.3. The molecule has 0 heterocycles. The first-order valence-electron chi connectivity index (χ1n) is 42.5. The Balaban J connectivity index is 0.000000664. The van der Waals surface area contributed by atoms with E-state index in [2.05, 4.69) is 321 Å². The van der Waals surface area contributed by atoms with Crippen LogP contribution >= 0.6 is 0 Å². The van der Waals surface area contributed by atoms with Gasteiger partial charge in [-0.15, -0.1) is 13.2 Å². The Morgan fingerprint density at radius 3 is 1.05 bits per heavy atom. The van der Waals surface area contributed by atoms with Crippen molar-refractivity contribution in [1.29, 1.82) is 0 Å². The standard InChI is InChI=1S/C15H24O2.2C14H22O.C13H20O2.C13H20O.C13H20.C12H18O.C10H11F3O/c1-11(2)8-9-17-14-7-6-13(12(3)4)10-15(14)16-5;1-10(2)11-7-8-12(14(3,4)5)13(9-11)15-6;1-6-12-9-13(10(2)3)7-8-14(12)15-11(4)5;1-9(2)11-6-7-12(15-10(3)4)13(8-11)14-5;1-9(2)12-6-7-13(11(5)8-12)14-10(3)4;1-10(2)11-6-8-12(9-7-11)13(3,4)5;1-5-10-6-7-11(9(2)3)8-12(10)13-4;1-7(2)8-5-3-4-6-9(8)14-10(11,12)13/h6-7,10-12H,8-9H2,1-5H3;7-10H,1-6H3;7-11H,6H2,1-5H3;6-10H,1-5H3;6-10H,1-5H3;6-10H,1-5H3;6-9H,5H2,1-4H3;3-7H,1-2H3. The Bertz CT molecular complexity index is 3940. The van der Waals surface area contributed by atoms with E-state index in [9.17, 15) is 13.2 Å². The van der Waals surface area contributed by atoms with Crippen molar-refractivity contribution >= 4 is 0 Å². The molecule has 8 aromatic rings. The van der Waals surface area contributed by atoms with E-state index in [1.807, 2.05) is 45.9 Å². The van der Waals surface area contributed by atoms with Crippen LogP contribution < -0.4 is 42.6 Å². The van der Waals surface area contributed by atoms with Crippen molar-refractivity contribution in [2.24, 2.45) is 5.92 Å². The van der Waals surface area contributed by atoms with Crippen molar-refractivity contribution < 1.29 is 55.8 Å². The summed E-state index contributed by atoms with van der Waals surface area (Å²) in [6.45, 7) is 71.6. The number of rotatable bonds is 25. The lowest BCUT2D eigenvalue weighted by molar-refractivity contribution is -0.275. The zero-order valence-corrected chi connectivity index (χ0v) is 79.1. The molecule has 0 bridgehead atoms. The molecule has 0 atom stereocenters. The summed E-state index contributed by atoms with van der Waals surface area (Å²) in [6, 6.07) is 53.4. The maximum Gasteiger partial charge on any atom is 0.573 e. The number of hydrogen-bond donors (Lipinski definition) is 0. The van der Waals surface area contributed by atoms with Gasteiger partial charge in [-0.3, -0.25) is 0 Å². The molecule has 0 radical (unpaired) electrons. The molecule has 0 saturated heterocycles. The van der Waals surface area contributed by atoms with E-state index in [-0.39, 0.29) is 40.8 Å². The fraction of sp³-hybridized carbons (Fsp3) is 0.538. The van der Waals surface area contributed by atoms with Crippen molar-refractivity contribution in [2.45, 2.75) is 331 Å². The summed E-state index contributed by atoms with van der Waals surface area (Å²) in [4.78, 5) is 0. The van der Waals surface area contributed by atoms with Gasteiger partial charge < -0.3 is 42.6 Å². The summed E-state index contributed by atoms with van der Waals surface area (Å²) >= 11 is 0. The second-order valence-corrected chi connectivity index (χ2v) is 35.4. The lowest BCUT2D eigenvalue weighted by atomic mass is 9.85. The Hall–Kier alpha value is -8.25. The maximum atomic E-state index is 12.0. The topological polar surface area (TPSA) is 83.1 Å². The molecule has 0 N–H and O–H groups in total. The molecule has 0 fully saturated rings. The van der Waals surface area contributed by atoms with E-state index in [1.54, 1.807) is 40.6 Å². The summed E-state index contributed by atoms with van der Waals surface area (Å²) in [6.07, 6.45) is -0.827. The van der Waals surface area contributed by atoms with Gasteiger partial charge in [-0.05, 0) is 259 Å². The average Bonchev–Trinajstić information content (AvgIpc) is 0.813. The van der Waals surface area contributed by atoms with Crippen LogP contribution in [0.25, 0.3) is 0 Å². The Labute approximate surface area is 705 Å². The van der Waals surface area contributed by atoms with Gasteiger partial charge in [0, 0.05) is 0 Å². The molecule has 0 aliphatic heterocycles. The number of aryl methyl sites for hydroxylation is 3. The van der Waals surface area contributed by atoms with Crippen LogP contribution in [0.3, 0.4) is 0 Å². The number of methoxy groups -OCH3 is 4. The minimum atomic E-state index is -4.62. The fourth-order valence-electron chi connectivity index (χ4n) is 11.6. The van der Waals surface area contributed by atoms with E-state index in [4.69, 9.17) is 37.9 Å². The van der Waals surface area contributed by atoms with Crippen molar-refractivity contribution in [2.75, 3.05) is 35.0 Å². The van der Waals surface area contributed by atoms with Gasteiger partial charge in [0.25, 0.3) is 0 Å². The van der Waals surface area contributed by atoms with E-state index < -0.39 is 6.36 Å². The lowest BCUT2D eigenvalue weighted by Gasteiger charge is -2.23. The largest absolute Gasteiger partial charge is 0.573 e. The lowest BCUT2D eigenvalue weighted by Crippen LogP contribution is -2.18. The van der Waals surface area contributed by atoms with Crippen LogP contribution in [-0.2, 0) is 23.7 Å². The Kier molecular flexibility index (Phi) is 47.9. The third-order valence-corrected chi connectivity index (χ3v) is 19.0. The second kappa shape index (κ2) is 52.5. The zero-order chi connectivity index (χ0) is 88.7. The highest BCUT2D eigenvalue weighted by Gasteiger charge is 2.32. The van der Waals surface area contributed by atoms with Gasteiger partial charge in [0.15, 0.2) is 23.0 Å².